The second-order valence-electron chi connectivity index (χ2n) is 7.12. The Labute approximate surface area is 165 Å². The van der Waals surface area contributed by atoms with Crippen LogP contribution in [0.5, 0.6) is 11.5 Å². The van der Waals surface area contributed by atoms with Gasteiger partial charge in [0.05, 0.1) is 0 Å². The minimum atomic E-state index is -0.124. The zero-order valence-corrected chi connectivity index (χ0v) is 16.1. The zero-order valence-electron chi connectivity index (χ0n) is 16.1. The molecular formula is C22H25N3O3. The molecule has 28 heavy (non-hydrogen) atoms. The molecule has 1 amide bonds. The van der Waals surface area contributed by atoms with E-state index in [2.05, 4.69) is 46.4 Å². The molecule has 1 fully saturated rings. The number of hydrogen-bond donors (Lipinski definition) is 1. The van der Waals surface area contributed by atoms with Crippen molar-refractivity contribution in [1.29, 1.82) is 0 Å². The minimum Gasteiger partial charge on any atom is -0.454 e. The number of benzene rings is 2. The number of ether oxygens (including phenoxy) is 2. The quantitative estimate of drug-likeness (QED) is 0.809. The molecule has 0 saturated carbocycles. The second kappa shape index (κ2) is 8.35. The molecule has 0 radical (unpaired) electrons. The molecule has 4 rings (SSSR count). The molecule has 1 saturated heterocycles. The van der Waals surface area contributed by atoms with Crippen LogP contribution in [-0.4, -0.2) is 50.8 Å². The summed E-state index contributed by atoms with van der Waals surface area (Å²) in [5.41, 5.74) is 3.23. The van der Waals surface area contributed by atoms with Crippen LogP contribution in [0.25, 0.3) is 6.08 Å². The Hall–Kier alpha value is -2.99. The van der Waals surface area contributed by atoms with E-state index in [0.29, 0.717) is 12.3 Å². The Morgan fingerprint density at radius 3 is 2.57 bits per heavy atom. The maximum atomic E-state index is 12.1. The van der Waals surface area contributed by atoms with Gasteiger partial charge in [-0.3, -0.25) is 4.79 Å². The van der Waals surface area contributed by atoms with Gasteiger partial charge in [-0.05, 0) is 48.5 Å². The van der Waals surface area contributed by atoms with Gasteiger partial charge >= 0.3 is 0 Å². The molecule has 2 heterocycles. The Bertz CT molecular complexity index is 856. The summed E-state index contributed by atoms with van der Waals surface area (Å²) in [6.07, 6.45) is 3.31. The molecule has 0 atom stereocenters. The normalized spacial score (nSPS) is 16.5. The lowest BCUT2D eigenvalue weighted by molar-refractivity contribution is -0.116. The molecule has 2 aromatic rings. The lowest BCUT2D eigenvalue weighted by Gasteiger charge is -2.34. The van der Waals surface area contributed by atoms with Gasteiger partial charge in [0.15, 0.2) is 11.5 Å². The summed E-state index contributed by atoms with van der Waals surface area (Å²) in [7, 11) is 2.16. The number of likely N-dealkylation sites (N-methyl/N-ethyl adjacent to an activating group) is 1. The molecule has 1 N–H and O–H groups in total. The molecule has 2 aliphatic rings. The van der Waals surface area contributed by atoms with Crippen molar-refractivity contribution in [3.05, 3.63) is 59.7 Å². The lowest BCUT2D eigenvalue weighted by Crippen LogP contribution is -2.44. The summed E-state index contributed by atoms with van der Waals surface area (Å²) >= 11 is 0. The Morgan fingerprint density at radius 2 is 1.79 bits per heavy atom. The number of piperazine rings is 1. The number of rotatable bonds is 5. The molecule has 6 nitrogen and oxygen atoms in total. The van der Waals surface area contributed by atoms with Crippen LogP contribution in [0.15, 0.2) is 48.5 Å². The maximum Gasteiger partial charge on any atom is 0.244 e. The highest BCUT2D eigenvalue weighted by Gasteiger charge is 2.14. The van der Waals surface area contributed by atoms with E-state index in [-0.39, 0.29) is 12.7 Å². The summed E-state index contributed by atoms with van der Waals surface area (Å²) < 4.78 is 10.6. The van der Waals surface area contributed by atoms with Gasteiger partial charge in [0.2, 0.25) is 12.7 Å². The molecule has 2 aliphatic heterocycles. The van der Waals surface area contributed by atoms with E-state index in [1.807, 2.05) is 18.2 Å². The summed E-state index contributed by atoms with van der Waals surface area (Å²) in [6.45, 7) is 5.04. The highest BCUT2D eigenvalue weighted by atomic mass is 16.7. The number of nitrogens with zero attached hydrogens (tertiary/aromatic N) is 2. The van der Waals surface area contributed by atoms with Crippen LogP contribution < -0.4 is 19.7 Å². The van der Waals surface area contributed by atoms with Crippen molar-refractivity contribution in [2.45, 2.75) is 6.54 Å². The van der Waals surface area contributed by atoms with Crippen LogP contribution in [0.2, 0.25) is 0 Å². The Morgan fingerprint density at radius 1 is 1.04 bits per heavy atom. The predicted molar refractivity (Wildman–Crippen MR) is 110 cm³/mol. The highest BCUT2D eigenvalue weighted by Crippen LogP contribution is 2.32. The van der Waals surface area contributed by atoms with E-state index in [1.54, 1.807) is 6.08 Å². The number of nitrogens with one attached hydrogen (secondary N) is 1. The van der Waals surface area contributed by atoms with Gasteiger partial charge < -0.3 is 24.6 Å². The third-order valence-corrected chi connectivity index (χ3v) is 5.10. The van der Waals surface area contributed by atoms with Crippen LogP contribution in [0, 0.1) is 0 Å². The fraction of sp³-hybridized carbons (Fsp3) is 0.318. The largest absolute Gasteiger partial charge is 0.454 e. The molecule has 0 aromatic heterocycles. The second-order valence-corrected chi connectivity index (χ2v) is 7.12. The average Bonchev–Trinajstić information content (AvgIpc) is 3.19. The van der Waals surface area contributed by atoms with Crippen molar-refractivity contribution in [2.75, 3.05) is 44.9 Å². The number of fused-ring (bicyclic) bond motifs is 1. The van der Waals surface area contributed by atoms with Crippen LogP contribution in [0.3, 0.4) is 0 Å². The topological polar surface area (TPSA) is 54.0 Å². The van der Waals surface area contributed by atoms with Crippen LogP contribution in [-0.2, 0) is 11.3 Å². The van der Waals surface area contributed by atoms with Gasteiger partial charge in [0.25, 0.3) is 0 Å². The first-order valence-corrected chi connectivity index (χ1v) is 9.55. The van der Waals surface area contributed by atoms with Gasteiger partial charge in [0.1, 0.15) is 0 Å². The fourth-order valence-corrected chi connectivity index (χ4v) is 3.33. The predicted octanol–water partition coefficient (Wildman–Crippen LogP) is 2.50. The molecule has 2 aromatic carbocycles. The number of amides is 1. The smallest absolute Gasteiger partial charge is 0.244 e. The van der Waals surface area contributed by atoms with Crippen molar-refractivity contribution < 1.29 is 14.3 Å². The van der Waals surface area contributed by atoms with Crippen molar-refractivity contribution in [1.82, 2.24) is 10.2 Å². The third-order valence-electron chi connectivity index (χ3n) is 5.10. The molecule has 0 aliphatic carbocycles. The molecule has 0 bridgehead atoms. The van der Waals surface area contributed by atoms with E-state index >= 15 is 0 Å². The number of anilines is 1. The summed E-state index contributed by atoms with van der Waals surface area (Å²) in [4.78, 5) is 16.8. The SMILES string of the molecule is CN1CCN(c2ccc(CNC(=O)/C=C/c3ccc4c(c3)OCO4)cc2)CC1. The van der Waals surface area contributed by atoms with Gasteiger partial charge in [-0.1, -0.05) is 18.2 Å². The van der Waals surface area contributed by atoms with Gasteiger partial charge in [-0.25, -0.2) is 0 Å². The lowest BCUT2D eigenvalue weighted by atomic mass is 10.1. The van der Waals surface area contributed by atoms with Crippen molar-refractivity contribution in [3.63, 3.8) is 0 Å². The maximum absolute atomic E-state index is 12.1. The summed E-state index contributed by atoms with van der Waals surface area (Å²) in [6, 6.07) is 14.0. The van der Waals surface area contributed by atoms with Gasteiger partial charge in [0, 0.05) is 44.5 Å². The molecule has 6 heteroatoms. The van der Waals surface area contributed by atoms with E-state index in [4.69, 9.17) is 9.47 Å². The number of carbonyl (C=O) groups excluding carboxylic acids is 1. The van der Waals surface area contributed by atoms with Crippen LogP contribution in [0.4, 0.5) is 5.69 Å². The third kappa shape index (κ3) is 4.46. The first kappa shape index (κ1) is 18.4. The van der Waals surface area contributed by atoms with Crippen LogP contribution >= 0.6 is 0 Å². The zero-order chi connectivity index (χ0) is 19.3. The molecular weight excluding hydrogens is 354 g/mol. The van der Waals surface area contributed by atoms with Gasteiger partial charge in [-0.2, -0.15) is 0 Å². The Balaban J connectivity index is 1.27. The first-order chi connectivity index (χ1) is 13.7. The minimum absolute atomic E-state index is 0.124. The first-order valence-electron chi connectivity index (χ1n) is 9.55. The van der Waals surface area contributed by atoms with E-state index in [1.165, 1.54) is 11.8 Å². The van der Waals surface area contributed by atoms with E-state index < -0.39 is 0 Å². The number of hydrogen-bond acceptors (Lipinski definition) is 5. The van der Waals surface area contributed by atoms with Crippen molar-refractivity contribution in [2.24, 2.45) is 0 Å². The summed E-state index contributed by atoms with van der Waals surface area (Å²) in [5, 5.41) is 2.92. The fourth-order valence-electron chi connectivity index (χ4n) is 3.33. The highest BCUT2D eigenvalue weighted by molar-refractivity contribution is 5.91. The standard InChI is InChI=1S/C22H25N3O3/c1-24-10-12-25(13-11-24)19-6-2-18(3-7-19)15-23-22(26)9-5-17-4-8-20-21(14-17)28-16-27-20/h2-9,14H,10-13,15-16H2,1H3,(H,23,26)/b9-5+. The van der Waals surface area contributed by atoms with E-state index in [9.17, 15) is 4.79 Å². The van der Waals surface area contributed by atoms with Crippen molar-refractivity contribution in [3.8, 4) is 11.5 Å². The average molecular weight is 379 g/mol. The van der Waals surface area contributed by atoms with Gasteiger partial charge in [-0.15, -0.1) is 0 Å². The molecule has 0 spiro atoms. The summed E-state index contributed by atoms with van der Waals surface area (Å²) in [5.74, 6) is 1.32. The monoisotopic (exact) mass is 379 g/mol. The molecule has 0 unspecified atom stereocenters. The molecule has 146 valence electrons. The van der Waals surface area contributed by atoms with Crippen LogP contribution in [0.1, 0.15) is 11.1 Å². The van der Waals surface area contributed by atoms with E-state index in [0.717, 1.165) is 43.1 Å². The van der Waals surface area contributed by atoms with Crippen molar-refractivity contribution >= 4 is 17.7 Å². The Kier molecular flexibility index (Phi) is 5.48. The number of carbonyl (C=O) groups is 1.